The number of carbonyl (C=O) groups excluding carboxylic acids is 1. The van der Waals surface area contributed by atoms with E-state index in [-0.39, 0.29) is 17.6 Å². The van der Waals surface area contributed by atoms with Crippen molar-refractivity contribution >= 4 is 11.7 Å². The number of pyridine rings is 2. The van der Waals surface area contributed by atoms with Gasteiger partial charge >= 0.3 is 6.18 Å². The highest BCUT2D eigenvalue weighted by Gasteiger charge is 2.31. The zero-order valence-corrected chi connectivity index (χ0v) is 17.3. The molecule has 1 N–H and O–H groups in total. The second-order valence-electron chi connectivity index (χ2n) is 7.65. The Morgan fingerprint density at radius 1 is 1.12 bits per heavy atom. The van der Waals surface area contributed by atoms with E-state index in [1.807, 2.05) is 13.0 Å². The molecule has 0 spiro atoms. The van der Waals surface area contributed by atoms with Crippen molar-refractivity contribution in [1.29, 1.82) is 0 Å². The Morgan fingerprint density at radius 2 is 1.91 bits per heavy atom. The van der Waals surface area contributed by atoms with Crippen LogP contribution in [-0.2, 0) is 6.18 Å². The van der Waals surface area contributed by atoms with Crippen molar-refractivity contribution in [1.82, 2.24) is 24.8 Å². The minimum atomic E-state index is -4.43. The van der Waals surface area contributed by atoms with Crippen LogP contribution in [-0.4, -0.2) is 49.9 Å². The van der Waals surface area contributed by atoms with E-state index in [1.165, 1.54) is 6.07 Å². The second-order valence-corrected chi connectivity index (χ2v) is 7.65. The number of likely N-dealkylation sites (tertiary alicyclic amines) is 1. The smallest absolute Gasteiger partial charge is 0.366 e. The summed E-state index contributed by atoms with van der Waals surface area (Å²) in [5, 5.41) is 3.13. The van der Waals surface area contributed by atoms with E-state index in [9.17, 15) is 18.0 Å². The van der Waals surface area contributed by atoms with Gasteiger partial charge in [0.15, 0.2) is 5.82 Å². The van der Waals surface area contributed by atoms with Crippen molar-refractivity contribution in [3.63, 3.8) is 0 Å². The SMILES string of the molecule is Cc1cnc(C(=O)N2CCCC(Nc3ccc(C(F)(F)F)cn3)C2)c(-c2ncccn2)c1. The van der Waals surface area contributed by atoms with Crippen molar-refractivity contribution in [2.75, 3.05) is 18.4 Å². The predicted molar refractivity (Wildman–Crippen MR) is 112 cm³/mol. The number of carbonyl (C=O) groups is 1. The third-order valence-electron chi connectivity index (χ3n) is 5.19. The Kier molecular flexibility index (Phi) is 6.02. The van der Waals surface area contributed by atoms with Gasteiger partial charge in [0.25, 0.3) is 5.91 Å². The molecule has 1 atom stereocenters. The first kappa shape index (κ1) is 21.7. The maximum absolute atomic E-state index is 13.3. The number of aromatic nitrogens is 4. The van der Waals surface area contributed by atoms with Crippen LogP contribution in [0.3, 0.4) is 0 Å². The van der Waals surface area contributed by atoms with Gasteiger partial charge in [-0.25, -0.2) is 15.0 Å². The number of hydrogen-bond acceptors (Lipinski definition) is 6. The Hall–Kier alpha value is -3.56. The summed E-state index contributed by atoms with van der Waals surface area (Å²) in [6, 6.07) is 5.68. The molecular weight excluding hydrogens is 421 g/mol. The van der Waals surface area contributed by atoms with Crippen molar-refractivity contribution in [2.24, 2.45) is 0 Å². The predicted octanol–water partition coefficient (Wildman–Crippen LogP) is 3.98. The molecular formula is C22H21F3N6O. The van der Waals surface area contributed by atoms with Gasteiger partial charge in [-0.3, -0.25) is 9.78 Å². The fraction of sp³-hybridized carbons (Fsp3) is 0.318. The van der Waals surface area contributed by atoms with Crippen LogP contribution in [0, 0.1) is 6.92 Å². The maximum atomic E-state index is 13.3. The van der Waals surface area contributed by atoms with Crippen LogP contribution in [0.5, 0.6) is 0 Å². The molecule has 1 fully saturated rings. The molecule has 3 aromatic heterocycles. The van der Waals surface area contributed by atoms with Crippen LogP contribution in [0.4, 0.5) is 19.0 Å². The average molecular weight is 442 g/mol. The van der Waals surface area contributed by atoms with Gasteiger partial charge in [-0.05, 0) is 49.6 Å². The largest absolute Gasteiger partial charge is 0.417 e. The molecule has 1 unspecified atom stereocenters. The summed E-state index contributed by atoms with van der Waals surface area (Å²) in [6.07, 6.45) is 2.73. The second kappa shape index (κ2) is 8.89. The van der Waals surface area contributed by atoms with Crippen LogP contribution in [0.15, 0.2) is 49.1 Å². The van der Waals surface area contributed by atoms with Gasteiger partial charge in [0.1, 0.15) is 11.5 Å². The summed E-state index contributed by atoms with van der Waals surface area (Å²) in [5.41, 5.74) is 0.922. The maximum Gasteiger partial charge on any atom is 0.417 e. The minimum absolute atomic E-state index is 0.140. The van der Waals surface area contributed by atoms with E-state index in [1.54, 1.807) is 29.6 Å². The quantitative estimate of drug-likeness (QED) is 0.658. The first-order valence-corrected chi connectivity index (χ1v) is 10.1. The summed E-state index contributed by atoms with van der Waals surface area (Å²) in [4.78, 5) is 31.7. The molecule has 0 aromatic carbocycles. The molecule has 1 saturated heterocycles. The number of aryl methyl sites for hydroxylation is 1. The number of hydrogen-bond donors (Lipinski definition) is 1. The summed E-state index contributed by atoms with van der Waals surface area (Å²) in [6.45, 7) is 2.82. The number of nitrogens with one attached hydrogen (secondary N) is 1. The molecule has 166 valence electrons. The first-order chi connectivity index (χ1) is 15.3. The Morgan fingerprint density at radius 3 is 2.59 bits per heavy atom. The molecule has 3 aromatic rings. The van der Waals surface area contributed by atoms with Gasteiger partial charge in [0.2, 0.25) is 0 Å². The number of rotatable bonds is 4. The summed E-state index contributed by atoms with van der Waals surface area (Å²) in [7, 11) is 0. The first-order valence-electron chi connectivity index (χ1n) is 10.1. The van der Waals surface area contributed by atoms with Gasteiger partial charge in [-0.2, -0.15) is 13.2 Å². The van der Waals surface area contributed by atoms with Crippen LogP contribution in [0.1, 0.15) is 34.5 Å². The standard InChI is InChI=1S/C22H21F3N6O/c1-14-10-17(20-26-7-3-8-27-20)19(29-11-14)21(32)31-9-2-4-16(13-31)30-18-6-5-15(12-28-18)22(23,24)25/h3,5-8,10-12,16H,2,4,9,13H2,1H3,(H,28,30). The number of anilines is 1. The van der Waals surface area contributed by atoms with E-state index >= 15 is 0 Å². The van der Waals surface area contributed by atoms with Gasteiger partial charge in [0, 0.05) is 43.9 Å². The Balaban J connectivity index is 1.50. The van der Waals surface area contributed by atoms with E-state index in [0.717, 1.165) is 30.7 Å². The summed E-state index contributed by atoms with van der Waals surface area (Å²) in [5.74, 6) is 0.524. The van der Waals surface area contributed by atoms with Gasteiger partial charge in [-0.1, -0.05) is 0 Å². The average Bonchev–Trinajstić information content (AvgIpc) is 2.79. The number of nitrogens with zero attached hydrogens (tertiary/aromatic N) is 5. The summed E-state index contributed by atoms with van der Waals surface area (Å²) < 4.78 is 38.2. The normalized spacial score (nSPS) is 16.6. The van der Waals surface area contributed by atoms with E-state index < -0.39 is 11.7 Å². The van der Waals surface area contributed by atoms with Crippen LogP contribution >= 0.6 is 0 Å². The molecule has 0 saturated carbocycles. The topological polar surface area (TPSA) is 83.9 Å². The molecule has 0 radical (unpaired) electrons. The molecule has 4 rings (SSSR count). The zero-order chi connectivity index (χ0) is 22.7. The minimum Gasteiger partial charge on any atom is -0.366 e. The molecule has 0 bridgehead atoms. The number of halogens is 3. The lowest BCUT2D eigenvalue weighted by molar-refractivity contribution is -0.137. The molecule has 1 aliphatic rings. The fourth-order valence-electron chi connectivity index (χ4n) is 3.63. The van der Waals surface area contributed by atoms with Crippen molar-refractivity contribution < 1.29 is 18.0 Å². The summed E-state index contributed by atoms with van der Waals surface area (Å²) >= 11 is 0. The molecule has 32 heavy (non-hydrogen) atoms. The monoisotopic (exact) mass is 442 g/mol. The fourth-order valence-corrected chi connectivity index (χ4v) is 3.63. The highest BCUT2D eigenvalue weighted by molar-refractivity contribution is 5.98. The molecule has 1 amide bonds. The van der Waals surface area contributed by atoms with Crippen LogP contribution in [0.2, 0.25) is 0 Å². The molecule has 10 heteroatoms. The van der Waals surface area contributed by atoms with Crippen molar-refractivity contribution in [3.8, 4) is 11.4 Å². The number of alkyl halides is 3. The number of amides is 1. The third-order valence-corrected chi connectivity index (χ3v) is 5.19. The highest BCUT2D eigenvalue weighted by atomic mass is 19.4. The van der Waals surface area contributed by atoms with Crippen molar-refractivity contribution in [2.45, 2.75) is 32.0 Å². The van der Waals surface area contributed by atoms with Gasteiger partial charge in [0.05, 0.1) is 11.1 Å². The lowest BCUT2D eigenvalue weighted by atomic mass is 10.0. The molecule has 0 aliphatic carbocycles. The zero-order valence-electron chi connectivity index (χ0n) is 17.3. The number of piperidine rings is 1. The van der Waals surface area contributed by atoms with E-state index in [4.69, 9.17) is 0 Å². The highest BCUT2D eigenvalue weighted by Crippen LogP contribution is 2.29. The lowest BCUT2D eigenvalue weighted by Gasteiger charge is -2.33. The Bertz CT molecular complexity index is 1090. The third kappa shape index (κ3) is 4.84. The van der Waals surface area contributed by atoms with Crippen LogP contribution in [0.25, 0.3) is 11.4 Å². The molecule has 1 aliphatic heterocycles. The van der Waals surface area contributed by atoms with E-state index in [0.29, 0.717) is 30.3 Å². The lowest BCUT2D eigenvalue weighted by Crippen LogP contribution is -2.45. The Labute approximate surface area is 182 Å². The molecule has 4 heterocycles. The van der Waals surface area contributed by atoms with Gasteiger partial charge < -0.3 is 10.2 Å². The molecule has 7 nitrogen and oxygen atoms in total. The van der Waals surface area contributed by atoms with Gasteiger partial charge in [-0.15, -0.1) is 0 Å². The van der Waals surface area contributed by atoms with Crippen molar-refractivity contribution in [3.05, 3.63) is 65.9 Å². The van der Waals surface area contributed by atoms with E-state index in [2.05, 4.69) is 25.3 Å². The van der Waals surface area contributed by atoms with Crippen LogP contribution < -0.4 is 5.32 Å².